The van der Waals surface area contributed by atoms with Crippen LogP contribution in [0.15, 0.2) is 65.8 Å². The van der Waals surface area contributed by atoms with Crippen molar-refractivity contribution in [3.05, 3.63) is 71.8 Å². The van der Waals surface area contributed by atoms with Crippen LogP contribution < -0.4 is 5.43 Å². The van der Waals surface area contributed by atoms with Crippen LogP contribution in [0.25, 0.3) is 0 Å². The molecule has 0 saturated heterocycles. The number of amides is 1. The van der Waals surface area contributed by atoms with Gasteiger partial charge in [-0.15, -0.1) is 0 Å². The van der Waals surface area contributed by atoms with E-state index in [0.29, 0.717) is 5.71 Å². The second-order valence-corrected chi connectivity index (χ2v) is 4.51. The lowest BCUT2D eigenvalue weighted by Crippen LogP contribution is -2.25. The lowest BCUT2D eigenvalue weighted by atomic mass is 10.0. The number of carbonyl (C=O) groups is 2. The first-order valence-electron chi connectivity index (χ1n) is 6.77. The monoisotopic (exact) mass is 296 g/mol. The summed E-state index contributed by atoms with van der Waals surface area (Å²) in [7, 11) is 0. The minimum Gasteiger partial charge on any atom is -0.456 e. The number of hydrogen-bond donors (Lipinski definition) is 1. The average molecular weight is 296 g/mol. The lowest BCUT2D eigenvalue weighted by molar-refractivity contribution is -0.146. The van der Waals surface area contributed by atoms with Gasteiger partial charge in [0.05, 0.1) is 5.71 Å². The highest BCUT2D eigenvalue weighted by atomic mass is 16.5. The molecule has 2 aromatic rings. The van der Waals surface area contributed by atoms with Crippen LogP contribution in [0.4, 0.5) is 0 Å². The molecule has 0 aliphatic heterocycles. The van der Waals surface area contributed by atoms with Gasteiger partial charge in [0.2, 0.25) is 0 Å². The largest absolute Gasteiger partial charge is 0.456 e. The summed E-state index contributed by atoms with van der Waals surface area (Å²) in [6.45, 7) is 0.894. The molecule has 5 nitrogen and oxygen atoms in total. The van der Waals surface area contributed by atoms with Crippen LogP contribution in [0.3, 0.4) is 0 Å². The van der Waals surface area contributed by atoms with Gasteiger partial charge in [-0.25, -0.2) is 5.43 Å². The summed E-state index contributed by atoms with van der Waals surface area (Å²) in [5, 5.41) is 4.17. The molecule has 0 aliphatic carbocycles. The van der Waals surface area contributed by atoms with Gasteiger partial charge in [0.15, 0.2) is 6.61 Å². The maximum absolute atomic E-state index is 11.6. The molecule has 5 heteroatoms. The molecule has 22 heavy (non-hydrogen) atoms. The van der Waals surface area contributed by atoms with E-state index in [9.17, 15) is 9.59 Å². The Balaban J connectivity index is 2.20. The third-order valence-corrected chi connectivity index (χ3v) is 2.79. The SMILES string of the molecule is CC(=O)OCC(=O)NN=C(c1ccccc1)c1ccccc1. The molecular formula is C17H16N2O3. The number of nitrogens with zero attached hydrogens (tertiary/aromatic N) is 1. The number of nitrogens with one attached hydrogen (secondary N) is 1. The zero-order valence-corrected chi connectivity index (χ0v) is 12.2. The van der Waals surface area contributed by atoms with Crippen LogP contribution in [0.1, 0.15) is 18.1 Å². The maximum Gasteiger partial charge on any atom is 0.303 e. The molecular weight excluding hydrogens is 280 g/mol. The molecule has 2 aromatic carbocycles. The number of rotatable bonds is 5. The molecule has 0 aliphatic rings. The first kappa shape index (κ1) is 15.4. The lowest BCUT2D eigenvalue weighted by Gasteiger charge is -2.08. The Morgan fingerprint density at radius 1 is 0.955 bits per heavy atom. The average Bonchev–Trinajstić information content (AvgIpc) is 2.55. The Morgan fingerprint density at radius 3 is 1.91 bits per heavy atom. The van der Waals surface area contributed by atoms with Gasteiger partial charge in [0, 0.05) is 18.1 Å². The summed E-state index contributed by atoms with van der Waals surface area (Å²) in [6, 6.07) is 19.0. The summed E-state index contributed by atoms with van der Waals surface area (Å²) in [6.07, 6.45) is 0. The second kappa shape index (κ2) is 7.73. The van der Waals surface area contributed by atoms with Crippen LogP contribution in [-0.2, 0) is 14.3 Å². The van der Waals surface area contributed by atoms with Gasteiger partial charge in [-0.3, -0.25) is 9.59 Å². The molecule has 0 radical (unpaired) electrons. The summed E-state index contributed by atoms with van der Waals surface area (Å²) in [4.78, 5) is 22.3. The molecule has 0 bridgehead atoms. The number of hydrogen-bond acceptors (Lipinski definition) is 4. The van der Waals surface area contributed by atoms with Gasteiger partial charge in [-0.1, -0.05) is 60.7 Å². The minimum atomic E-state index is -0.509. The van der Waals surface area contributed by atoms with E-state index in [2.05, 4.69) is 15.3 Å². The van der Waals surface area contributed by atoms with E-state index >= 15 is 0 Å². The number of hydrazone groups is 1. The molecule has 0 fully saturated rings. The first-order chi connectivity index (χ1) is 10.7. The molecule has 0 aromatic heterocycles. The van der Waals surface area contributed by atoms with Gasteiger partial charge in [-0.2, -0.15) is 5.10 Å². The Labute approximate surface area is 128 Å². The summed E-state index contributed by atoms with van der Waals surface area (Å²) in [5.74, 6) is -0.995. The van der Waals surface area contributed by atoms with E-state index in [4.69, 9.17) is 0 Å². The molecule has 0 unspecified atom stereocenters. The predicted octanol–water partition coefficient (Wildman–Crippen LogP) is 2.12. The molecule has 0 heterocycles. The molecule has 1 N–H and O–H groups in total. The highest BCUT2D eigenvalue weighted by molar-refractivity contribution is 6.13. The van der Waals surface area contributed by atoms with Crippen molar-refractivity contribution in [3.63, 3.8) is 0 Å². The highest BCUT2D eigenvalue weighted by Gasteiger charge is 2.08. The van der Waals surface area contributed by atoms with Gasteiger partial charge in [0.1, 0.15) is 0 Å². The third-order valence-electron chi connectivity index (χ3n) is 2.79. The molecule has 0 atom stereocenters. The van der Waals surface area contributed by atoms with E-state index < -0.39 is 11.9 Å². The number of ether oxygens (including phenoxy) is 1. The minimum absolute atomic E-state index is 0.351. The Morgan fingerprint density at radius 2 is 1.45 bits per heavy atom. The van der Waals surface area contributed by atoms with Gasteiger partial charge < -0.3 is 4.74 Å². The normalized spacial score (nSPS) is 9.68. The van der Waals surface area contributed by atoms with Gasteiger partial charge in [-0.05, 0) is 0 Å². The van der Waals surface area contributed by atoms with Crippen molar-refractivity contribution in [1.29, 1.82) is 0 Å². The number of benzene rings is 2. The molecule has 2 rings (SSSR count). The topological polar surface area (TPSA) is 67.8 Å². The summed E-state index contributed by atoms with van der Waals surface area (Å²) < 4.78 is 4.63. The molecule has 0 saturated carbocycles. The van der Waals surface area contributed by atoms with Crippen LogP contribution in [0.5, 0.6) is 0 Å². The van der Waals surface area contributed by atoms with Crippen LogP contribution >= 0.6 is 0 Å². The van der Waals surface area contributed by atoms with Gasteiger partial charge in [0.25, 0.3) is 5.91 Å². The first-order valence-corrected chi connectivity index (χ1v) is 6.77. The number of carbonyl (C=O) groups excluding carboxylic acids is 2. The van der Waals surface area contributed by atoms with Crippen molar-refractivity contribution in [1.82, 2.24) is 5.43 Å². The quantitative estimate of drug-likeness (QED) is 0.522. The zero-order valence-electron chi connectivity index (χ0n) is 12.2. The Kier molecular flexibility index (Phi) is 5.43. The van der Waals surface area contributed by atoms with Gasteiger partial charge >= 0.3 is 5.97 Å². The molecule has 1 amide bonds. The van der Waals surface area contributed by atoms with Crippen molar-refractivity contribution < 1.29 is 14.3 Å². The Hall–Kier alpha value is -2.95. The van der Waals surface area contributed by atoms with Crippen molar-refractivity contribution in [3.8, 4) is 0 Å². The van der Waals surface area contributed by atoms with Crippen LogP contribution in [0.2, 0.25) is 0 Å². The predicted molar refractivity (Wildman–Crippen MR) is 83.3 cm³/mol. The van der Waals surface area contributed by atoms with E-state index in [1.165, 1.54) is 6.92 Å². The smallest absolute Gasteiger partial charge is 0.303 e. The highest BCUT2D eigenvalue weighted by Crippen LogP contribution is 2.10. The van der Waals surface area contributed by atoms with Crippen molar-refractivity contribution >= 4 is 17.6 Å². The molecule has 0 spiro atoms. The fourth-order valence-corrected chi connectivity index (χ4v) is 1.81. The second-order valence-electron chi connectivity index (χ2n) is 4.51. The van der Waals surface area contributed by atoms with Crippen molar-refractivity contribution in [2.45, 2.75) is 6.92 Å². The zero-order chi connectivity index (χ0) is 15.8. The van der Waals surface area contributed by atoms with E-state index in [-0.39, 0.29) is 6.61 Å². The van der Waals surface area contributed by atoms with E-state index in [0.717, 1.165) is 11.1 Å². The fraction of sp³-hybridized carbons (Fsp3) is 0.118. The van der Waals surface area contributed by atoms with Crippen molar-refractivity contribution in [2.24, 2.45) is 5.10 Å². The van der Waals surface area contributed by atoms with Crippen molar-refractivity contribution in [2.75, 3.05) is 6.61 Å². The maximum atomic E-state index is 11.6. The molecule has 112 valence electrons. The van der Waals surface area contributed by atoms with Crippen LogP contribution in [0, 0.1) is 0 Å². The summed E-state index contributed by atoms with van der Waals surface area (Å²) in [5.41, 5.74) is 4.80. The van der Waals surface area contributed by atoms with E-state index in [1.54, 1.807) is 0 Å². The van der Waals surface area contributed by atoms with E-state index in [1.807, 2.05) is 60.7 Å². The third kappa shape index (κ3) is 4.56. The Bertz CT molecular complexity index is 625. The summed E-state index contributed by atoms with van der Waals surface area (Å²) >= 11 is 0. The standard InChI is InChI=1S/C17H16N2O3/c1-13(20)22-12-16(21)18-19-17(14-8-4-2-5-9-14)15-10-6-3-7-11-15/h2-11H,12H2,1H3,(H,18,21). The van der Waals surface area contributed by atoms with Crippen LogP contribution in [-0.4, -0.2) is 24.2 Å². The number of esters is 1. The fourth-order valence-electron chi connectivity index (χ4n) is 1.81.